The van der Waals surface area contributed by atoms with Gasteiger partial charge in [-0.2, -0.15) is 0 Å². The van der Waals surface area contributed by atoms with Crippen molar-refractivity contribution in [2.75, 3.05) is 11.8 Å². The van der Waals surface area contributed by atoms with Crippen LogP contribution in [0.15, 0.2) is 36.7 Å². The Morgan fingerprint density at radius 2 is 1.68 bits per heavy atom. The molecule has 118 valence electrons. The second kappa shape index (κ2) is 9.98. The summed E-state index contributed by atoms with van der Waals surface area (Å²) in [7, 11) is 0. The number of Topliss-reactive ketones (excluding diaryl/α,β-unsaturated/α-hetero) is 1. The summed E-state index contributed by atoms with van der Waals surface area (Å²) >= 11 is 22.1. The van der Waals surface area contributed by atoms with Crippen LogP contribution < -0.4 is 0 Å². The van der Waals surface area contributed by atoms with E-state index in [4.69, 9.17) is 46.4 Å². The van der Waals surface area contributed by atoms with Crippen LogP contribution in [-0.4, -0.2) is 32.6 Å². The highest BCUT2D eigenvalue weighted by Crippen LogP contribution is 2.20. The third kappa shape index (κ3) is 5.71. The molecule has 0 amide bonds. The summed E-state index contributed by atoms with van der Waals surface area (Å²) in [6.45, 7) is 0. The summed E-state index contributed by atoms with van der Waals surface area (Å²) in [6, 6.07) is 6.63. The third-order valence-corrected chi connectivity index (χ3v) is 3.55. The highest BCUT2D eigenvalue weighted by atomic mass is 35.5. The molecule has 22 heavy (non-hydrogen) atoms. The van der Waals surface area contributed by atoms with Gasteiger partial charge in [-0.25, -0.2) is 0 Å². The first-order valence-corrected chi connectivity index (χ1v) is 7.87. The monoisotopic (exact) mass is 380 g/mol. The molecule has 0 aliphatic rings. The number of aromatic nitrogens is 2. The van der Waals surface area contributed by atoms with Gasteiger partial charge in [0.1, 0.15) is 11.8 Å². The number of carbonyl (C=O) groups excluding carboxylic acids is 1. The van der Waals surface area contributed by atoms with Crippen LogP contribution in [0.2, 0.25) is 10.0 Å². The van der Waals surface area contributed by atoms with Gasteiger partial charge in [-0.1, -0.05) is 23.2 Å². The van der Waals surface area contributed by atoms with E-state index in [0.29, 0.717) is 15.7 Å². The summed E-state index contributed by atoms with van der Waals surface area (Å²) in [5, 5.41) is 10.0. The van der Waals surface area contributed by atoms with E-state index in [1.807, 2.05) is 0 Å². The predicted molar refractivity (Wildman–Crippen MR) is 89.2 cm³/mol. The molecule has 0 unspecified atom stereocenters. The van der Waals surface area contributed by atoms with Crippen molar-refractivity contribution < 1.29 is 9.90 Å². The Labute approximate surface area is 148 Å². The predicted octanol–water partition coefficient (Wildman–Crippen LogP) is 4.16. The van der Waals surface area contributed by atoms with Gasteiger partial charge in [-0.3, -0.25) is 14.8 Å². The highest BCUT2D eigenvalue weighted by Gasteiger charge is 2.10. The van der Waals surface area contributed by atoms with Crippen LogP contribution in [0.1, 0.15) is 22.3 Å². The molecule has 0 aromatic carbocycles. The molecular formula is C14H12Cl4N2O2. The minimum absolute atomic E-state index is 0.0866. The van der Waals surface area contributed by atoms with Crippen molar-refractivity contribution in [1.82, 2.24) is 9.97 Å². The Morgan fingerprint density at radius 3 is 2.18 bits per heavy atom. The first-order valence-electron chi connectivity index (χ1n) is 6.05. The maximum absolute atomic E-state index is 11.0. The summed E-state index contributed by atoms with van der Waals surface area (Å²) < 4.78 is 0. The van der Waals surface area contributed by atoms with E-state index >= 15 is 0 Å². The summed E-state index contributed by atoms with van der Waals surface area (Å²) in [6.07, 6.45) is 2.30. The number of pyridine rings is 2. The number of hydrogen-bond donors (Lipinski definition) is 1. The van der Waals surface area contributed by atoms with E-state index in [2.05, 4.69) is 9.97 Å². The van der Waals surface area contributed by atoms with Gasteiger partial charge < -0.3 is 5.11 Å². The fourth-order valence-electron chi connectivity index (χ4n) is 1.37. The number of nitrogens with zero attached hydrogens (tertiary/aromatic N) is 2. The SMILES string of the molecule is O=C(CCl)c1ncccc1Cl.O[C@@H](CCl)c1ncccc1Cl. The van der Waals surface area contributed by atoms with Crippen LogP contribution in [0.4, 0.5) is 0 Å². The first-order chi connectivity index (χ1) is 10.5. The van der Waals surface area contributed by atoms with Crippen molar-refractivity contribution in [2.24, 2.45) is 0 Å². The Hall–Kier alpha value is -0.910. The minimum Gasteiger partial charge on any atom is -0.385 e. The number of alkyl halides is 2. The topological polar surface area (TPSA) is 63.1 Å². The largest absolute Gasteiger partial charge is 0.385 e. The molecule has 0 saturated carbocycles. The van der Waals surface area contributed by atoms with Crippen LogP contribution in [0, 0.1) is 0 Å². The van der Waals surface area contributed by atoms with Crippen LogP contribution in [-0.2, 0) is 0 Å². The zero-order valence-electron chi connectivity index (χ0n) is 11.2. The van der Waals surface area contributed by atoms with Crippen LogP contribution >= 0.6 is 46.4 Å². The van der Waals surface area contributed by atoms with Crippen LogP contribution in [0.3, 0.4) is 0 Å². The van der Waals surface area contributed by atoms with Gasteiger partial charge in [0.2, 0.25) is 0 Å². The molecule has 1 N–H and O–H groups in total. The van der Waals surface area contributed by atoms with Gasteiger partial charge >= 0.3 is 0 Å². The van der Waals surface area contributed by atoms with E-state index < -0.39 is 6.10 Å². The number of rotatable bonds is 4. The van der Waals surface area contributed by atoms with Crippen molar-refractivity contribution in [3.63, 3.8) is 0 Å². The smallest absolute Gasteiger partial charge is 0.197 e. The molecule has 0 aliphatic heterocycles. The van der Waals surface area contributed by atoms with Crippen molar-refractivity contribution >= 4 is 52.2 Å². The van der Waals surface area contributed by atoms with E-state index in [1.54, 1.807) is 30.5 Å². The molecule has 2 rings (SSSR count). The number of hydrogen-bond acceptors (Lipinski definition) is 4. The summed E-state index contributed by atoms with van der Waals surface area (Å²) in [5.41, 5.74) is 0.674. The lowest BCUT2D eigenvalue weighted by Crippen LogP contribution is -2.03. The van der Waals surface area contributed by atoms with Crippen molar-refractivity contribution in [3.05, 3.63) is 58.1 Å². The molecule has 2 heterocycles. The molecule has 8 heteroatoms. The average molecular weight is 382 g/mol. The maximum atomic E-state index is 11.0. The average Bonchev–Trinajstić information content (AvgIpc) is 2.55. The lowest BCUT2D eigenvalue weighted by atomic mass is 10.2. The van der Waals surface area contributed by atoms with Gasteiger partial charge in [0.15, 0.2) is 5.78 Å². The van der Waals surface area contributed by atoms with Gasteiger partial charge in [-0.15, -0.1) is 23.2 Å². The second-order valence-electron chi connectivity index (χ2n) is 3.93. The highest BCUT2D eigenvalue weighted by molar-refractivity contribution is 6.36. The fraction of sp³-hybridized carbons (Fsp3) is 0.214. The minimum atomic E-state index is -0.773. The van der Waals surface area contributed by atoms with E-state index in [-0.39, 0.29) is 23.2 Å². The molecule has 0 aliphatic carbocycles. The Kier molecular flexibility index (Phi) is 8.68. The molecule has 0 radical (unpaired) electrons. The number of ketones is 1. The summed E-state index contributed by atoms with van der Waals surface area (Å²) in [5.74, 6) is -0.231. The third-order valence-electron chi connectivity index (χ3n) is 2.39. The molecule has 0 saturated heterocycles. The fourth-order valence-corrected chi connectivity index (χ4v) is 2.12. The van der Waals surface area contributed by atoms with Crippen LogP contribution in [0.25, 0.3) is 0 Å². The molecule has 4 nitrogen and oxygen atoms in total. The zero-order chi connectivity index (χ0) is 16.5. The first kappa shape index (κ1) is 19.1. The molecule has 0 bridgehead atoms. The van der Waals surface area contributed by atoms with Gasteiger partial charge in [-0.05, 0) is 24.3 Å². The molecule has 2 aromatic heterocycles. The Bertz CT molecular complexity index is 625. The zero-order valence-corrected chi connectivity index (χ0v) is 14.2. The van der Waals surface area contributed by atoms with Gasteiger partial charge in [0, 0.05) is 12.4 Å². The Morgan fingerprint density at radius 1 is 1.09 bits per heavy atom. The van der Waals surface area contributed by atoms with Crippen molar-refractivity contribution in [1.29, 1.82) is 0 Å². The van der Waals surface area contributed by atoms with Crippen LogP contribution in [0.5, 0.6) is 0 Å². The number of halogens is 4. The van der Waals surface area contributed by atoms with Crippen molar-refractivity contribution in [2.45, 2.75) is 6.10 Å². The molecular weight excluding hydrogens is 370 g/mol. The summed E-state index contributed by atoms with van der Waals surface area (Å²) in [4.78, 5) is 18.6. The van der Waals surface area contributed by atoms with Gasteiger partial charge in [0.05, 0.1) is 27.5 Å². The maximum Gasteiger partial charge on any atom is 0.197 e. The lowest BCUT2D eigenvalue weighted by Gasteiger charge is -2.06. The molecule has 2 aromatic rings. The molecule has 0 fully saturated rings. The number of carbonyl (C=O) groups is 1. The lowest BCUT2D eigenvalue weighted by molar-refractivity contribution is 0.101. The van der Waals surface area contributed by atoms with E-state index in [0.717, 1.165) is 0 Å². The molecule has 1 atom stereocenters. The standard InChI is InChI=1S/C7H7Cl2NO.C7H5Cl2NO/c2*8-4-6(11)7-5(9)2-1-3-10-7/h1-3,6,11H,4H2;1-3H,4H2/t6-;/m0./s1. The second-order valence-corrected chi connectivity index (χ2v) is 5.32. The van der Waals surface area contributed by atoms with E-state index in [9.17, 15) is 9.90 Å². The number of aliphatic hydroxyl groups is 1. The van der Waals surface area contributed by atoms with Crippen molar-refractivity contribution in [3.8, 4) is 0 Å². The Balaban J connectivity index is 0.000000220. The van der Waals surface area contributed by atoms with Gasteiger partial charge in [0.25, 0.3) is 0 Å². The quantitative estimate of drug-likeness (QED) is 0.637. The molecule has 0 spiro atoms. The van der Waals surface area contributed by atoms with E-state index in [1.165, 1.54) is 6.20 Å². The normalized spacial score (nSPS) is 11.3. The number of aliphatic hydroxyl groups excluding tert-OH is 1.